The van der Waals surface area contributed by atoms with E-state index in [4.69, 9.17) is 14.2 Å². The van der Waals surface area contributed by atoms with Gasteiger partial charge in [-0.3, -0.25) is 4.79 Å². The van der Waals surface area contributed by atoms with Gasteiger partial charge in [0.1, 0.15) is 12.6 Å². The topological polar surface area (TPSA) is 82.1 Å². The molecular weight excluding hydrogens is 408 g/mol. The summed E-state index contributed by atoms with van der Waals surface area (Å²) in [6.45, 7) is 7.80. The number of allylic oxidation sites excluding steroid dienone is 2. The monoisotopic (exact) mass is 444 g/mol. The highest BCUT2D eigenvalue weighted by Crippen LogP contribution is 2.28. The van der Waals surface area contributed by atoms with Crippen LogP contribution in [0.3, 0.4) is 0 Å². The molecule has 2 aromatic rings. The summed E-state index contributed by atoms with van der Waals surface area (Å²) in [5.41, 5.74) is 1.92. The van der Waals surface area contributed by atoms with Crippen LogP contribution in [-0.4, -0.2) is 39.0 Å². The average Bonchev–Trinajstić information content (AvgIpc) is 2.85. The maximum Gasteiger partial charge on any atom is 0.161 e. The number of benzene rings is 2. The summed E-state index contributed by atoms with van der Waals surface area (Å²) in [7, 11) is 4.74. The van der Waals surface area contributed by atoms with Crippen molar-refractivity contribution >= 4 is 24.7 Å². The zero-order chi connectivity index (χ0) is 24.8. The third kappa shape index (κ3) is 12.9. The van der Waals surface area contributed by atoms with Gasteiger partial charge in [-0.15, -0.1) is 0 Å². The number of aldehydes is 2. The van der Waals surface area contributed by atoms with Crippen LogP contribution in [0.5, 0.6) is 23.0 Å². The lowest BCUT2D eigenvalue weighted by atomic mass is 10.2. The minimum Gasteiger partial charge on any atom is -0.504 e. The van der Waals surface area contributed by atoms with Crippen LogP contribution >= 0.6 is 0 Å². The molecule has 176 valence electrons. The van der Waals surface area contributed by atoms with E-state index in [9.17, 15) is 14.7 Å². The van der Waals surface area contributed by atoms with E-state index in [1.807, 2.05) is 58.0 Å². The molecule has 0 aliphatic heterocycles. The SMILES string of the molecule is C/C=C/c1ccc(OC)c(OC)c1.CC.CCC=O.COc1cc(/C=C/C=O)ccc1O. The third-order valence-electron chi connectivity index (χ3n) is 3.50. The highest BCUT2D eigenvalue weighted by Gasteiger charge is 2.02. The van der Waals surface area contributed by atoms with Gasteiger partial charge in [0.05, 0.1) is 21.3 Å². The summed E-state index contributed by atoms with van der Waals surface area (Å²) in [6, 6.07) is 10.7. The van der Waals surface area contributed by atoms with Crippen LogP contribution in [0.25, 0.3) is 12.2 Å². The molecule has 0 saturated heterocycles. The lowest BCUT2D eigenvalue weighted by molar-refractivity contribution is -0.107. The van der Waals surface area contributed by atoms with Gasteiger partial charge >= 0.3 is 0 Å². The van der Waals surface area contributed by atoms with Crippen LogP contribution in [0.4, 0.5) is 0 Å². The van der Waals surface area contributed by atoms with E-state index in [1.54, 1.807) is 32.4 Å². The van der Waals surface area contributed by atoms with Crippen LogP contribution in [0.1, 0.15) is 45.2 Å². The van der Waals surface area contributed by atoms with Crippen molar-refractivity contribution in [2.75, 3.05) is 21.3 Å². The Hall–Kier alpha value is -3.54. The first-order valence-corrected chi connectivity index (χ1v) is 10.3. The van der Waals surface area contributed by atoms with Crippen molar-refractivity contribution in [1.82, 2.24) is 0 Å². The Labute approximate surface area is 192 Å². The van der Waals surface area contributed by atoms with Gasteiger partial charge in [-0.1, -0.05) is 51.1 Å². The van der Waals surface area contributed by atoms with E-state index in [-0.39, 0.29) is 5.75 Å². The van der Waals surface area contributed by atoms with Crippen molar-refractivity contribution in [3.8, 4) is 23.0 Å². The van der Waals surface area contributed by atoms with E-state index in [0.717, 1.165) is 28.9 Å². The Morgan fingerprint density at radius 2 is 1.31 bits per heavy atom. The van der Waals surface area contributed by atoms with E-state index in [0.29, 0.717) is 18.5 Å². The summed E-state index contributed by atoms with van der Waals surface area (Å²) in [6.07, 6.45) is 9.23. The summed E-state index contributed by atoms with van der Waals surface area (Å²) in [4.78, 5) is 19.2. The molecule has 0 saturated carbocycles. The van der Waals surface area contributed by atoms with Crippen LogP contribution in [0.15, 0.2) is 48.6 Å². The van der Waals surface area contributed by atoms with Gasteiger partial charge in [-0.05, 0) is 48.4 Å². The van der Waals surface area contributed by atoms with E-state index >= 15 is 0 Å². The second-order valence-electron chi connectivity index (χ2n) is 5.62. The zero-order valence-corrected chi connectivity index (χ0v) is 20.1. The predicted octanol–water partition coefficient (Wildman–Crippen LogP) is 5.97. The lowest BCUT2D eigenvalue weighted by Crippen LogP contribution is -1.90. The maximum absolute atomic E-state index is 10.0. The van der Waals surface area contributed by atoms with Crippen molar-refractivity contribution in [3.63, 3.8) is 0 Å². The number of carbonyl (C=O) groups excluding carboxylic acids is 2. The molecular formula is C26H36O6. The van der Waals surface area contributed by atoms with E-state index < -0.39 is 0 Å². The number of phenols is 1. The molecule has 0 radical (unpaired) electrons. The van der Waals surface area contributed by atoms with Gasteiger partial charge in [0.25, 0.3) is 0 Å². The van der Waals surface area contributed by atoms with Crippen LogP contribution < -0.4 is 14.2 Å². The van der Waals surface area contributed by atoms with Gasteiger partial charge in [-0.2, -0.15) is 0 Å². The Balaban J connectivity index is 0. The summed E-state index contributed by atoms with van der Waals surface area (Å²) >= 11 is 0. The molecule has 6 nitrogen and oxygen atoms in total. The first kappa shape index (κ1) is 30.7. The molecule has 0 aliphatic carbocycles. The number of hydrogen-bond acceptors (Lipinski definition) is 6. The Morgan fingerprint density at radius 3 is 1.78 bits per heavy atom. The minimum absolute atomic E-state index is 0.0887. The molecule has 0 heterocycles. The molecule has 6 heteroatoms. The standard InChI is InChI=1S/C11H14O2.C10H10O3.C3H6O.C2H6/c1-4-5-9-6-7-10(12-2)11(8-9)13-3;1-13-10-7-8(3-2-6-11)4-5-9(10)12;1-2-3-4;1-2/h4-8H,1-3H3;2-7,12H,1H3;3H,2H2,1H3;1-2H3/b5-4+;3-2+;;. The highest BCUT2D eigenvalue weighted by atomic mass is 16.5. The summed E-state index contributed by atoms with van der Waals surface area (Å²) in [5.74, 6) is 2.01. The Kier molecular flexibility index (Phi) is 19.8. The molecule has 0 bridgehead atoms. The molecule has 0 spiro atoms. The van der Waals surface area contributed by atoms with Gasteiger partial charge in [0.15, 0.2) is 23.0 Å². The molecule has 0 atom stereocenters. The summed E-state index contributed by atoms with van der Waals surface area (Å²) in [5, 5.41) is 9.24. The Morgan fingerprint density at radius 1 is 0.812 bits per heavy atom. The van der Waals surface area contributed by atoms with E-state index in [1.165, 1.54) is 19.3 Å². The molecule has 32 heavy (non-hydrogen) atoms. The maximum atomic E-state index is 10.0. The molecule has 1 N–H and O–H groups in total. The largest absolute Gasteiger partial charge is 0.504 e. The number of rotatable bonds is 7. The fourth-order valence-electron chi connectivity index (χ4n) is 2.10. The van der Waals surface area contributed by atoms with Gasteiger partial charge in [0.2, 0.25) is 0 Å². The number of methoxy groups -OCH3 is 3. The smallest absolute Gasteiger partial charge is 0.161 e. The fourth-order valence-corrected chi connectivity index (χ4v) is 2.10. The van der Waals surface area contributed by atoms with Crippen molar-refractivity contribution < 1.29 is 28.9 Å². The third-order valence-corrected chi connectivity index (χ3v) is 3.50. The van der Waals surface area contributed by atoms with Crippen LogP contribution in [0.2, 0.25) is 0 Å². The number of ether oxygens (including phenoxy) is 3. The van der Waals surface area contributed by atoms with Gasteiger partial charge in [0, 0.05) is 6.42 Å². The number of phenolic OH excluding ortho intramolecular Hbond substituents is 1. The molecule has 0 aliphatic rings. The van der Waals surface area contributed by atoms with Crippen LogP contribution in [0, 0.1) is 0 Å². The quantitative estimate of drug-likeness (QED) is 0.418. The lowest BCUT2D eigenvalue weighted by Gasteiger charge is -2.07. The number of hydrogen-bond donors (Lipinski definition) is 1. The second-order valence-corrected chi connectivity index (χ2v) is 5.62. The molecule has 0 aromatic heterocycles. The highest BCUT2D eigenvalue weighted by molar-refractivity contribution is 5.74. The first-order chi connectivity index (χ1) is 15.5. The van der Waals surface area contributed by atoms with Gasteiger partial charge < -0.3 is 24.1 Å². The number of carbonyl (C=O) groups is 2. The van der Waals surface area contributed by atoms with Crippen molar-refractivity contribution in [2.45, 2.75) is 34.1 Å². The first-order valence-electron chi connectivity index (χ1n) is 10.3. The van der Waals surface area contributed by atoms with Crippen molar-refractivity contribution in [2.24, 2.45) is 0 Å². The molecule has 0 amide bonds. The zero-order valence-electron chi connectivity index (χ0n) is 20.1. The summed E-state index contributed by atoms with van der Waals surface area (Å²) < 4.78 is 15.2. The molecule has 2 rings (SSSR count). The Bertz CT molecular complexity index is 825. The molecule has 0 unspecified atom stereocenters. The molecule has 0 fully saturated rings. The number of aromatic hydroxyl groups is 1. The predicted molar refractivity (Wildman–Crippen MR) is 132 cm³/mol. The second kappa shape index (κ2) is 20.7. The minimum atomic E-state index is 0.0887. The van der Waals surface area contributed by atoms with Crippen LogP contribution in [-0.2, 0) is 9.59 Å². The van der Waals surface area contributed by atoms with E-state index in [2.05, 4.69) is 0 Å². The van der Waals surface area contributed by atoms with Crippen molar-refractivity contribution in [3.05, 3.63) is 59.7 Å². The fraction of sp³-hybridized carbons (Fsp3) is 0.308. The average molecular weight is 445 g/mol. The van der Waals surface area contributed by atoms with Gasteiger partial charge in [-0.25, -0.2) is 0 Å². The normalized spacial score (nSPS) is 9.34. The van der Waals surface area contributed by atoms with Crippen molar-refractivity contribution in [1.29, 1.82) is 0 Å². The molecule has 2 aromatic carbocycles.